The lowest BCUT2D eigenvalue weighted by Crippen LogP contribution is -2.46. The molecular weight excluding hydrogens is 366 g/mol. The number of nitrogens with two attached hydrogens (primary N) is 3. The Balaban J connectivity index is 2.82. The van der Waals surface area contributed by atoms with Crippen molar-refractivity contribution in [2.75, 3.05) is 56.6 Å². The summed E-state index contributed by atoms with van der Waals surface area (Å²) in [6.07, 6.45) is 1.39. The van der Waals surface area contributed by atoms with Gasteiger partial charge in [0.05, 0.1) is 0 Å². The first-order valence-electron chi connectivity index (χ1n) is 9.61. The van der Waals surface area contributed by atoms with Gasteiger partial charge in [0.2, 0.25) is 11.9 Å². The van der Waals surface area contributed by atoms with E-state index in [0.29, 0.717) is 70.2 Å². The molecule has 0 aliphatic heterocycles. The van der Waals surface area contributed by atoms with Crippen molar-refractivity contribution >= 4 is 20.7 Å². The summed E-state index contributed by atoms with van der Waals surface area (Å²) in [5.74, 6) is 1.33. The predicted octanol–water partition coefficient (Wildman–Crippen LogP) is 0.159. The van der Waals surface area contributed by atoms with Crippen molar-refractivity contribution in [2.24, 2.45) is 11.5 Å². The van der Waals surface area contributed by atoms with Gasteiger partial charge < -0.3 is 35.4 Å². The highest BCUT2D eigenvalue weighted by Gasteiger charge is 2.39. The van der Waals surface area contributed by atoms with Crippen LogP contribution < -0.4 is 22.1 Å². The lowest BCUT2D eigenvalue weighted by molar-refractivity contribution is 0.0708. The Morgan fingerprint density at radius 3 is 1.93 bits per heavy atom. The molecule has 0 aromatic carbocycles. The van der Waals surface area contributed by atoms with Crippen molar-refractivity contribution < 1.29 is 13.3 Å². The molecule has 0 fully saturated rings. The van der Waals surface area contributed by atoms with E-state index in [2.05, 4.69) is 15.0 Å². The molecule has 0 radical (unpaired) electrons. The highest BCUT2D eigenvalue weighted by Crippen LogP contribution is 2.20. The van der Waals surface area contributed by atoms with E-state index in [1.165, 1.54) is 0 Å². The van der Waals surface area contributed by atoms with Crippen LogP contribution in [0.1, 0.15) is 33.0 Å². The van der Waals surface area contributed by atoms with Crippen LogP contribution >= 0.6 is 0 Å². The quantitative estimate of drug-likeness (QED) is 0.347. The zero-order valence-corrected chi connectivity index (χ0v) is 17.8. The van der Waals surface area contributed by atoms with Gasteiger partial charge in [-0.2, -0.15) is 15.0 Å². The second kappa shape index (κ2) is 12.9. The summed E-state index contributed by atoms with van der Waals surface area (Å²) in [6, 6.07) is 0.693. The molecule has 6 N–H and O–H groups in total. The molecule has 0 saturated heterocycles. The van der Waals surface area contributed by atoms with Gasteiger partial charge in [-0.05, 0) is 27.2 Å². The molecule has 1 rings (SSSR count). The summed E-state index contributed by atoms with van der Waals surface area (Å²) >= 11 is 0. The van der Waals surface area contributed by atoms with Crippen molar-refractivity contribution in [1.29, 1.82) is 0 Å². The van der Waals surface area contributed by atoms with Gasteiger partial charge in [0, 0.05) is 58.5 Å². The minimum Gasteiger partial charge on any atom is -0.374 e. The highest BCUT2D eigenvalue weighted by atomic mass is 28.4. The third-order valence-electron chi connectivity index (χ3n) is 3.74. The molecule has 0 aliphatic carbocycles. The molecular formula is C16H35N7O3Si. The zero-order valence-electron chi connectivity index (χ0n) is 16.8. The van der Waals surface area contributed by atoms with E-state index in [0.717, 1.165) is 6.42 Å². The van der Waals surface area contributed by atoms with E-state index in [4.69, 9.17) is 30.5 Å². The molecule has 0 spiro atoms. The first-order chi connectivity index (χ1) is 13.0. The molecule has 1 heterocycles. The molecule has 0 amide bonds. The topological polar surface area (TPSA) is 148 Å². The van der Waals surface area contributed by atoms with E-state index in [-0.39, 0.29) is 5.95 Å². The number of anilines is 2. The maximum atomic E-state index is 5.88. The number of rotatable bonds is 15. The van der Waals surface area contributed by atoms with E-state index < -0.39 is 8.80 Å². The van der Waals surface area contributed by atoms with Crippen LogP contribution in [0.4, 0.5) is 11.9 Å². The number of aryl methyl sites for hydroxylation is 1. The maximum absolute atomic E-state index is 5.88. The summed E-state index contributed by atoms with van der Waals surface area (Å²) in [4.78, 5) is 14.9. The van der Waals surface area contributed by atoms with Crippen LogP contribution in [-0.2, 0) is 19.7 Å². The van der Waals surface area contributed by atoms with Crippen LogP contribution in [0, 0.1) is 0 Å². The summed E-state index contributed by atoms with van der Waals surface area (Å²) < 4.78 is 17.6. The van der Waals surface area contributed by atoms with Gasteiger partial charge in [0.15, 0.2) is 0 Å². The van der Waals surface area contributed by atoms with Gasteiger partial charge in [-0.1, -0.05) is 0 Å². The standard InChI is InChI=1S/C16H35N7O3Si/c1-4-24-27(25-5-2,26-6-3)13-7-8-14-20-15(19)22-16(21-14)23(11-9-17)12-10-18/h4-13,17-18H2,1-3H3,(H2,19,20,21,22). The number of nitrogen functional groups attached to an aromatic ring is 1. The van der Waals surface area contributed by atoms with E-state index in [1.807, 2.05) is 25.7 Å². The number of aromatic nitrogens is 3. The first kappa shape index (κ1) is 23.7. The summed E-state index contributed by atoms with van der Waals surface area (Å²) in [5.41, 5.74) is 17.2. The maximum Gasteiger partial charge on any atom is 0.500 e. The number of hydrogen-bond donors (Lipinski definition) is 3. The van der Waals surface area contributed by atoms with Gasteiger partial charge in [-0.25, -0.2) is 0 Å². The molecule has 0 saturated carbocycles. The average Bonchev–Trinajstić information content (AvgIpc) is 2.62. The molecule has 1 aromatic rings. The van der Waals surface area contributed by atoms with Gasteiger partial charge >= 0.3 is 8.80 Å². The Bertz CT molecular complexity index is 516. The largest absolute Gasteiger partial charge is 0.500 e. The lowest BCUT2D eigenvalue weighted by Gasteiger charge is -2.28. The van der Waals surface area contributed by atoms with Gasteiger partial charge in [-0.3, -0.25) is 0 Å². The van der Waals surface area contributed by atoms with Gasteiger partial charge in [0.1, 0.15) is 5.82 Å². The third kappa shape index (κ3) is 8.03. The summed E-state index contributed by atoms with van der Waals surface area (Å²) in [5, 5.41) is 0. The van der Waals surface area contributed by atoms with Crippen molar-refractivity contribution in [3.8, 4) is 0 Å². The monoisotopic (exact) mass is 401 g/mol. The minimum absolute atomic E-state index is 0.192. The molecule has 10 nitrogen and oxygen atoms in total. The third-order valence-corrected chi connectivity index (χ3v) is 6.90. The molecule has 156 valence electrons. The predicted molar refractivity (Wildman–Crippen MR) is 108 cm³/mol. The van der Waals surface area contributed by atoms with Crippen LogP contribution in [0.2, 0.25) is 6.04 Å². The fraction of sp³-hybridized carbons (Fsp3) is 0.812. The molecule has 27 heavy (non-hydrogen) atoms. The van der Waals surface area contributed by atoms with Gasteiger partial charge in [-0.15, -0.1) is 0 Å². The SMILES string of the molecule is CCO[Si](CCCc1nc(N)nc(N(CCN)CCN)n1)(OCC)OCC. The molecule has 1 aromatic heterocycles. The van der Waals surface area contributed by atoms with Crippen LogP contribution in [0.3, 0.4) is 0 Å². The number of nitrogens with zero attached hydrogens (tertiary/aromatic N) is 4. The van der Waals surface area contributed by atoms with Crippen LogP contribution in [0.25, 0.3) is 0 Å². The number of hydrogen-bond acceptors (Lipinski definition) is 10. The molecule has 0 aliphatic rings. The normalized spacial score (nSPS) is 11.7. The van der Waals surface area contributed by atoms with Crippen molar-refractivity contribution in [2.45, 2.75) is 39.7 Å². The zero-order chi connectivity index (χ0) is 20.1. The van der Waals surface area contributed by atoms with Gasteiger partial charge in [0.25, 0.3) is 0 Å². The molecule has 0 atom stereocenters. The Kier molecular flexibility index (Phi) is 11.3. The lowest BCUT2D eigenvalue weighted by atomic mass is 10.3. The fourth-order valence-corrected chi connectivity index (χ4v) is 5.38. The Labute approximate surface area is 163 Å². The van der Waals surface area contributed by atoms with Crippen LogP contribution in [-0.4, -0.2) is 69.8 Å². The first-order valence-corrected chi connectivity index (χ1v) is 11.5. The Morgan fingerprint density at radius 1 is 0.889 bits per heavy atom. The van der Waals surface area contributed by atoms with Crippen molar-refractivity contribution in [1.82, 2.24) is 15.0 Å². The van der Waals surface area contributed by atoms with E-state index in [9.17, 15) is 0 Å². The van der Waals surface area contributed by atoms with E-state index >= 15 is 0 Å². The smallest absolute Gasteiger partial charge is 0.374 e. The van der Waals surface area contributed by atoms with Crippen LogP contribution in [0.5, 0.6) is 0 Å². The second-order valence-electron chi connectivity index (χ2n) is 5.81. The van der Waals surface area contributed by atoms with E-state index in [1.54, 1.807) is 0 Å². The second-order valence-corrected chi connectivity index (χ2v) is 8.54. The summed E-state index contributed by atoms with van der Waals surface area (Å²) in [7, 11) is -2.67. The highest BCUT2D eigenvalue weighted by molar-refractivity contribution is 6.60. The molecule has 11 heteroatoms. The molecule has 0 bridgehead atoms. The fourth-order valence-electron chi connectivity index (χ4n) is 2.77. The Morgan fingerprint density at radius 2 is 1.44 bits per heavy atom. The van der Waals surface area contributed by atoms with Crippen LogP contribution in [0.15, 0.2) is 0 Å². The molecule has 0 unspecified atom stereocenters. The summed E-state index contributed by atoms with van der Waals surface area (Å²) in [6.45, 7) is 9.68. The Hall–Kier alpha value is -1.37. The van der Waals surface area contributed by atoms with Crippen molar-refractivity contribution in [3.63, 3.8) is 0 Å². The minimum atomic E-state index is -2.67. The van der Waals surface area contributed by atoms with Crippen molar-refractivity contribution in [3.05, 3.63) is 5.82 Å². The average molecular weight is 402 g/mol.